The molecule has 0 atom stereocenters. The SMILES string of the molecule is CCNc1ccc(C(=O)NCC(F)(F)F)c(C)c1. The lowest BCUT2D eigenvalue weighted by Crippen LogP contribution is -2.34. The van der Waals surface area contributed by atoms with Crippen LogP contribution in [0.15, 0.2) is 18.2 Å². The fraction of sp³-hybridized carbons (Fsp3) is 0.417. The molecule has 3 nitrogen and oxygen atoms in total. The lowest BCUT2D eigenvalue weighted by Gasteiger charge is -2.11. The number of aryl methyl sites for hydroxylation is 1. The lowest BCUT2D eigenvalue weighted by atomic mass is 10.1. The summed E-state index contributed by atoms with van der Waals surface area (Å²) >= 11 is 0. The van der Waals surface area contributed by atoms with Crippen LogP contribution in [0.1, 0.15) is 22.8 Å². The number of amides is 1. The predicted octanol–water partition coefficient (Wildman–Crippen LogP) is 2.72. The Morgan fingerprint density at radius 3 is 2.50 bits per heavy atom. The van der Waals surface area contributed by atoms with Gasteiger partial charge in [-0.3, -0.25) is 4.79 Å². The number of carbonyl (C=O) groups excluding carboxylic acids is 1. The summed E-state index contributed by atoms with van der Waals surface area (Å²) in [6, 6.07) is 4.91. The number of nitrogens with one attached hydrogen (secondary N) is 2. The molecule has 0 unspecified atom stereocenters. The van der Waals surface area contributed by atoms with E-state index in [0.29, 0.717) is 5.56 Å². The molecule has 2 N–H and O–H groups in total. The second-order valence-corrected chi connectivity index (χ2v) is 3.86. The molecule has 0 aromatic heterocycles. The second kappa shape index (κ2) is 5.75. The highest BCUT2D eigenvalue weighted by molar-refractivity contribution is 5.96. The molecule has 0 radical (unpaired) electrons. The minimum atomic E-state index is -4.40. The third-order valence-corrected chi connectivity index (χ3v) is 2.30. The van der Waals surface area contributed by atoms with Gasteiger partial charge in [0.1, 0.15) is 6.54 Å². The number of hydrogen-bond donors (Lipinski definition) is 2. The molecule has 0 heterocycles. The summed E-state index contributed by atoms with van der Waals surface area (Å²) in [6.07, 6.45) is -4.40. The van der Waals surface area contributed by atoms with E-state index >= 15 is 0 Å². The Balaban J connectivity index is 2.74. The van der Waals surface area contributed by atoms with Crippen molar-refractivity contribution in [3.8, 4) is 0 Å². The van der Waals surface area contributed by atoms with Gasteiger partial charge in [-0.25, -0.2) is 0 Å². The maximum absolute atomic E-state index is 12.0. The van der Waals surface area contributed by atoms with Gasteiger partial charge in [0.15, 0.2) is 0 Å². The van der Waals surface area contributed by atoms with Crippen LogP contribution < -0.4 is 10.6 Å². The van der Waals surface area contributed by atoms with Gasteiger partial charge in [0.05, 0.1) is 0 Å². The van der Waals surface area contributed by atoms with Gasteiger partial charge in [-0.05, 0) is 37.6 Å². The minimum Gasteiger partial charge on any atom is -0.385 e. The van der Waals surface area contributed by atoms with E-state index in [1.54, 1.807) is 19.1 Å². The van der Waals surface area contributed by atoms with Crippen molar-refractivity contribution in [2.24, 2.45) is 0 Å². The van der Waals surface area contributed by atoms with Crippen molar-refractivity contribution in [3.63, 3.8) is 0 Å². The fourth-order valence-electron chi connectivity index (χ4n) is 1.51. The lowest BCUT2D eigenvalue weighted by molar-refractivity contribution is -0.123. The molecule has 0 saturated heterocycles. The average molecular weight is 260 g/mol. The molecule has 1 aromatic carbocycles. The Labute approximate surface area is 103 Å². The molecule has 0 saturated carbocycles. The predicted molar refractivity (Wildman–Crippen MR) is 63.7 cm³/mol. The molecule has 0 aliphatic rings. The van der Waals surface area contributed by atoms with Gasteiger partial charge < -0.3 is 10.6 Å². The summed E-state index contributed by atoms with van der Waals surface area (Å²) in [6.45, 7) is 3.03. The van der Waals surface area contributed by atoms with Crippen molar-refractivity contribution in [2.75, 3.05) is 18.4 Å². The summed E-state index contributed by atoms with van der Waals surface area (Å²) in [4.78, 5) is 11.5. The number of alkyl halides is 3. The Morgan fingerprint density at radius 1 is 1.33 bits per heavy atom. The van der Waals surface area contributed by atoms with Crippen molar-refractivity contribution >= 4 is 11.6 Å². The maximum Gasteiger partial charge on any atom is 0.405 e. The Bertz CT molecular complexity index is 430. The van der Waals surface area contributed by atoms with E-state index in [1.807, 2.05) is 12.2 Å². The molecule has 0 aliphatic carbocycles. The largest absolute Gasteiger partial charge is 0.405 e. The van der Waals surface area contributed by atoms with E-state index in [0.717, 1.165) is 12.2 Å². The summed E-state index contributed by atoms with van der Waals surface area (Å²) in [7, 11) is 0. The second-order valence-electron chi connectivity index (χ2n) is 3.86. The number of carbonyl (C=O) groups is 1. The first-order valence-corrected chi connectivity index (χ1v) is 5.53. The molecule has 1 aromatic rings. The molecule has 1 rings (SSSR count). The van der Waals surface area contributed by atoms with Gasteiger partial charge in [-0.2, -0.15) is 13.2 Å². The van der Waals surface area contributed by atoms with E-state index in [9.17, 15) is 18.0 Å². The quantitative estimate of drug-likeness (QED) is 0.874. The number of anilines is 1. The molecule has 1 amide bonds. The van der Waals surface area contributed by atoms with Crippen LogP contribution in [0, 0.1) is 6.92 Å². The molecule has 0 spiro atoms. The molecule has 0 bridgehead atoms. The van der Waals surface area contributed by atoms with Crippen LogP contribution in [0.4, 0.5) is 18.9 Å². The fourth-order valence-corrected chi connectivity index (χ4v) is 1.51. The minimum absolute atomic E-state index is 0.251. The van der Waals surface area contributed by atoms with Crippen molar-refractivity contribution in [1.29, 1.82) is 0 Å². The van der Waals surface area contributed by atoms with Gasteiger partial charge in [-0.1, -0.05) is 0 Å². The first kappa shape index (κ1) is 14.3. The van der Waals surface area contributed by atoms with Crippen molar-refractivity contribution in [3.05, 3.63) is 29.3 Å². The summed E-state index contributed by atoms with van der Waals surface area (Å²) in [5.74, 6) is -0.715. The molecule has 0 fully saturated rings. The first-order chi connectivity index (χ1) is 8.33. The van der Waals surface area contributed by atoms with E-state index < -0.39 is 18.6 Å². The van der Waals surface area contributed by atoms with Crippen LogP contribution in [-0.2, 0) is 0 Å². The first-order valence-electron chi connectivity index (χ1n) is 5.53. The van der Waals surface area contributed by atoms with Crippen molar-refractivity contribution in [2.45, 2.75) is 20.0 Å². The summed E-state index contributed by atoms with van der Waals surface area (Å²) < 4.78 is 35.9. The zero-order valence-electron chi connectivity index (χ0n) is 10.2. The standard InChI is InChI=1S/C12H15F3N2O/c1-3-16-9-4-5-10(8(2)6-9)11(18)17-7-12(13,14)15/h4-6,16H,3,7H2,1-2H3,(H,17,18). The normalized spacial score (nSPS) is 11.2. The number of halogens is 3. The van der Waals surface area contributed by atoms with E-state index in [2.05, 4.69) is 5.32 Å². The monoisotopic (exact) mass is 260 g/mol. The van der Waals surface area contributed by atoms with Gasteiger partial charge in [-0.15, -0.1) is 0 Å². The highest BCUT2D eigenvalue weighted by Crippen LogP contribution is 2.16. The van der Waals surface area contributed by atoms with E-state index in [-0.39, 0.29) is 5.56 Å². The van der Waals surface area contributed by atoms with Crippen LogP contribution >= 0.6 is 0 Å². The maximum atomic E-state index is 12.0. The van der Waals surface area contributed by atoms with Crippen LogP contribution in [0.2, 0.25) is 0 Å². The van der Waals surface area contributed by atoms with Crippen LogP contribution in [0.3, 0.4) is 0 Å². The molecule has 18 heavy (non-hydrogen) atoms. The van der Waals surface area contributed by atoms with Gasteiger partial charge in [0.2, 0.25) is 0 Å². The average Bonchev–Trinajstić information content (AvgIpc) is 2.25. The third kappa shape index (κ3) is 4.27. The third-order valence-electron chi connectivity index (χ3n) is 2.30. The zero-order valence-corrected chi connectivity index (χ0v) is 10.2. The highest BCUT2D eigenvalue weighted by atomic mass is 19.4. The van der Waals surface area contributed by atoms with Crippen LogP contribution in [0.25, 0.3) is 0 Å². The van der Waals surface area contributed by atoms with Gasteiger partial charge in [0.25, 0.3) is 5.91 Å². The molecule has 6 heteroatoms. The Hall–Kier alpha value is -1.72. The summed E-state index contributed by atoms with van der Waals surface area (Å²) in [5.41, 5.74) is 1.72. The van der Waals surface area contributed by atoms with Crippen molar-refractivity contribution in [1.82, 2.24) is 5.32 Å². The smallest absolute Gasteiger partial charge is 0.385 e. The molecule has 100 valence electrons. The zero-order chi connectivity index (χ0) is 13.8. The Kier molecular flexibility index (Phi) is 4.58. The Morgan fingerprint density at radius 2 is 2.00 bits per heavy atom. The van der Waals surface area contributed by atoms with E-state index in [1.165, 1.54) is 6.07 Å². The van der Waals surface area contributed by atoms with Gasteiger partial charge >= 0.3 is 6.18 Å². The van der Waals surface area contributed by atoms with E-state index in [4.69, 9.17) is 0 Å². The highest BCUT2D eigenvalue weighted by Gasteiger charge is 2.28. The molecule has 0 aliphatic heterocycles. The van der Waals surface area contributed by atoms with Gasteiger partial charge in [0, 0.05) is 17.8 Å². The molecular weight excluding hydrogens is 245 g/mol. The molecular formula is C12H15F3N2O. The van der Waals surface area contributed by atoms with Crippen LogP contribution in [-0.4, -0.2) is 25.2 Å². The summed E-state index contributed by atoms with van der Waals surface area (Å²) in [5, 5.41) is 4.91. The number of rotatable bonds is 4. The van der Waals surface area contributed by atoms with Crippen molar-refractivity contribution < 1.29 is 18.0 Å². The number of benzene rings is 1. The topological polar surface area (TPSA) is 41.1 Å². The number of hydrogen-bond acceptors (Lipinski definition) is 2. The van der Waals surface area contributed by atoms with Crippen LogP contribution in [0.5, 0.6) is 0 Å².